The fourth-order valence-electron chi connectivity index (χ4n) is 7.69. The second-order valence-corrected chi connectivity index (χ2v) is 16.8. The third-order valence-electron chi connectivity index (χ3n) is 10.6. The lowest BCUT2D eigenvalue weighted by Crippen LogP contribution is -2.29. The van der Waals surface area contributed by atoms with Gasteiger partial charge in [-0.05, 0) is 128 Å². The first kappa shape index (κ1) is 39.1. The van der Waals surface area contributed by atoms with Gasteiger partial charge >= 0.3 is 0 Å². The molecule has 6 nitrogen and oxygen atoms in total. The lowest BCUT2D eigenvalue weighted by Gasteiger charge is -2.29. The van der Waals surface area contributed by atoms with Crippen LogP contribution in [0.3, 0.4) is 0 Å². The van der Waals surface area contributed by atoms with Gasteiger partial charge in [0.05, 0.1) is 33.4 Å². The molecule has 0 bridgehead atoms. The summed E-state index contributed by atoms with van der Waals surface area (Å²) in [6.45, 7) is 6.44. The summed E-state index contributed by atoms with van der Waals surface area (Å²) in [4.78, 5) is 23.5. The molecule has 0 saturated heterocycles. The maximum absolute atomic E-state index is 5.58. The van der Waals surface area contributed by atoms with Crippen molar-refractivity contribution >= 4 is 75.8 Å². The quantitative estimate of drug-likeness (QED) is 0.115. The van der Waals surface area contributed by atoms with Crippen molar-refractivity contribution in [2.75, 3.05) is 14.7 Å². The Morgan fingerprint density at radius 2 is 0.541 bits per heavy atom. The fraction of sp³-hybridized carbons (Fsp3) is 0.0556. The summed E-state index contributed by atoms with van der Waals surface area (Å²) >= 11 is 0. The van der Waals surface area contributed by atoms with Crippen molar-refractivity contribution < 1.29 is 0 Å². The molecule has 61 heavy (non-hydrogen) atoms. The van der Waals surface area contributed by atoms with E-state index >= 15 is 0 Å². The van der Waals surface area contributed by atoms with Crippen LogP contribution in [0.1, 0.15) is 16.7 Å². The van der Waals surface area contributed by atoms with Crippen LogP contribution in [0.15, 0.2) is 218 Å². The van der Waals surface area contributed by atoms with E-state index in [1.165, 1.54) is 0 Å². The van der Waals surface area contributed by atoms with Gasteiger partial charge in [0.1, 0.15) is 17.5 Å². The van der Waals surface area contributed by atoms with Crippen LogP contribution in [-0.2, 0) is 0 Å². The van der Waals surface area contributed by atoms with E-state index in [-0.39, 0.29) is 0 Å². The number of hydrogen-bond donors (Lipinski definition) is 0. The first-order chi connectivity index (χ1) is 30.0. The number of benzene rings is 6. The van der Waals surface area contributed by atoms with Gasteiger partial charge in [-0.2, -0.15) is 0 Å². The number of aryl methyl sites for hydroxylation is 3. The van der Waals surface area contributed by atoms with Crippen LogP contribution in [0.5, 0.6) is 0 Å². The van der Waals surface area contributed by atoms with Gasteiger partial charge in [-0.1, -0.05) is 127 Å². The van der Waals surface area contributed by atoms with E-state index < -0.39 is 7.92 Å². The summed E-state index contributed by atoms with van der Waals surface area (Å²) in [7, 11) is -1.42. The van der Waals surface area contributed by atoms with Crippen LogP contribution in [0.25, 0.3) is 0 Å². The molecule has 0 aliphatic carbocycles. The van der Waals surface area contributed by atoms with Gasteiger partial charge in [0.15, 0.2) is 0 Å². The van der Waals surface area contributed by atoms with E-state index in [1.807, 2.05) is 18.2 Å². The Labute approximate surface area is 359 Å². The van der Waals surface area contributed by atoms with Gasteiger partial charge in [-0.3, -0.25) is 14.7 Å². The Morgan fingerprint density at radius 1 is 0.279 bits per heavy atom. The van der Waals surface area contributed by atoms with Crippen molar-refractivity contribution in [3.63, 3.8) is 0 Å². The summed E-state index contributed by atoms with van der Waals surface area (Å²) in [6.07, 6.45) is 0. The molecule has 0 amide bonds. The lowest BCUT2D eigenvalue weighted by molar-refractivity contribution is 1.17. The molecule has 9 rings (SSSR count). The van der Waals surface area contributed by atoms with E-state index in [2.05, 4.69) is 236 Å². The third kappa shape index (κ3) is 8.27. The molecule has 6 aromatic carbocycles. The molecule has 0 atom stereocenters. The van der Waals surface area contributed by atoms with Gasteiger partial charge < -0.3 is 0 Å². The van der Waals surface area contributed by atoms with Gasteiger partial charge in [-0.15, -0.1) is 0 Å². The van der Waals surface area contributed by atoms with Gasteiger partial charge in [0, 0.05) is 25.0 Å². The van der Waals surface area contributed by atoms with Crippen molar-refractivity contribution in [1.29, 1.82) is 0 Å². The number of hydrogen-bond acceptors (Lipinski definition) is 6. The molecule has 7 heteroatoms. The highest BCUT2D eigenvalue weighted by Crippen LogP contribution is 2.41. The maximum Gasteiger partial charge on any atom is 0.138 e. The molecule has 296 valence electrons. The molecule has 0 aliphatic heterocycles. The number of aromatic nitrogens is 3. The summed E-state index contributed by atoms with van der Waals surface area (Å²) in [5.74, 6) is 2.44. The minimum absolute atomic E-state index is 0.814. The minimum Gasteiger partial charge on any atom is -0.295 e. The molecule has 0 unspecified atom stereocenters. The van der Waals surface area contributed by atoms with Crippen molar-refractivity contribution in [2.24, 2.45) is 0 Å². The van der Waals surface area contributed by atoms with Crippen LogP contribution < -0.4 is 31.0 Å². The average Bonchev–Trinajstić information content (AvgIpc) is 3.30. The summed E-state index contributed by atoms with van der Waals surface area (Å²) < 4.78 is 0. The van der Waals surface area contributed by atoms with Crippen LogP contribution in [0.4, 0.5) is 51.6 Å². The normalized spacial score (nSPS) is 11.0. The Bertz CT molecular complexity index is 2570. The average molecular weight is 809 g/mol. The molecule has 0 saturated carbocycles. The monoisotopic (exact) mass is 808 g/mol. The second kappa shape index (κ2) is 17.8. The highest BCUT2D eigenvalue weighted by Gasteiger charge is 2.27. The molecule has 9 aromatic rings. The number of anilines is 9. The number of para-hydroxylation sites is 6. The van der Waals surface area contributed by atoms with Gasteiger partial charge in [0.2, 0.25) is 0 Å². The Morgan fingerprint density at radius 3 is 0.820 bits per heavy atom. The first-order valence-electron chi connectivity index (χ1n) is 20.5. The van der Waals surface area contributed by atoms with Crippen molar-refractivity contribution in [3.8, 4) is 0 Å². The van der Waals surface area contributed by atoms with Crippen molar-refractivity contribution in [1.82, 2.24) is 15.0 Å². The molecular formula is C54H45N6P. The van der Waals surface area contributed by atoms with Crippen LogP contribution in [-0.4, -0.2) is 15.0 Å². The van der Waals surface area contributed by atoms with Gasteiger partial charge in [0.25, 0.3) is 0 Å². The SMILES string of the molecule is Cc1ccccc1N(c1ccccc1)c1cccc(P(c2cccc(N(c3ccccc3)c3ccccc3C)n2)c2cccc(N(c3ccccc3)c3ccccc3C)n2)n1. The number of pyridine rings is 3. The van der Waals surface area contributed by atoms with Gasteiger partial charge in [-0.25, -0.2) is 15.0 Å². The molecule has 0 radical (unpaired) electrons. The molecule has 0 aliphatic rings. The molecule has 3 aromatic heterocycles. The summed E-state index contributed by atoms with van der Waals surface area (Å²) in [6, 6.07) is 75.8. The van der Waals surface area contributed by atoms with Crippen molar-refractivity contribution in [2.45, 2.75) is 20.8 Å². The molecule has 0 spiro atoms. The first-order valence-corrected chi connectivity index (χ1v) is 21.8. The van der Waals surface area contributed by atoms with E-state index in [0.717, 1.165) is 84.6 Å². The highest BCUT2D eigenvalue weighted by atomic mass is 31.1. The van der Waals surface area contributed by atoms with Crippen LogP contribution >= 0.6 is 7.92 Å². The summed E-state index contributed by atoms with van der Waals surface area (Å²) in [5.41, 5.74) is 12.4. The predicted octanol–water partition coefficient (Wildman–Crippen LogP) is 13.0. The standard InChI is InChI=1S/C54H45N6P/c1-40-22-13-16-31-46(40)58(43-25-7-4-8-26-43)49-34-19-37-52(55-49)61(53-38-20-35-50(56-53)59(44-27-9-5-10-28-44)47-32-17-14-23-41(47)2)54-39-21-36-51(57-54)60(45-29-11-6-12-30-45)48-33-18-15-24-42(48)3/h4-39H,1-3H3. The van der Waals surface area contributed by atoms with Crippen molar-refractivity contribution in [3.05, 3.63) is 235 Å². The zero-order valence-corrected chi connectivity index (χ0v) is 35.3. The Kier molecular flexibility index (Phi) is 11.4. The Hall–Kier alpha value is -7.40. The maximum atomic E-state index is 5.58. The second-order valence-electron chi connectivity index (χ2n) is 14.8. The number of rotatable bonds is 12. The molecule has 0 N–H and O–H groups in total. The van der Waals surface area contributed by atoms with Crippen LogP contribution in [0.2, 0.25) is 0 Å². The van der Waals surface area contributed by atoms with E-state index in [4.69, 9.17) is 15.0 Å². The fourth-order valence-corrected chi connectivity index (χ4v) is 9.71. The summed E-state index contributed by atoms with van der Waals surface area (Å²) in [5, 5.41) is 0. The van der Waals surface area contributed by atoms with E-state index in [1.54, 1.807) is 0 Å². The number of nitrogens with zero attached hydrogens (tertiary/aromatic N) is 6. The third-order valence-corrected chi connectivity index (χ3v) is 12.8. The predicted molar refractivity (Wildman–Crippen MR) is 257 cm³/mol. The molecule has 3 heterocycles. The van der Waals surface area contributed by atoms with E-state index in [9.17, 15) is 0 Å². The zero-order chi connectivity index (χ0) is 41.5. The molecular weight excluding hydrogens is 764 g/mol. The Balaban J connectivity index is 1.25. The largest absolute Gasteiger partial charge is 0.295 e. The highest BCUT2D eigenvalue weighted by molar-refractivity contribution is 7.79. The lowest BCUT2D eigenvalue weighted by atomic mass is 10.1. The van der Waals surface area contributed by atoms with E-state index in [0.29, 0.717) is 0 Å². The van der Waals surface area contributed by atoms with Crippen LogP contribution in [0, 0.1) is 20.8 Å². The minimum atomic E-state index is -1.42. The smallest absolute Gasteiger partial charge is 0.138 e. The topological polar surface area (TPSA) is 48.4 Å². The molecule has 0 fully saturated rings. The zero-order valence-electron chi connectivity index (χ0n) is 34.4.